The fourth-order valence-corrected chi connectivity index (χ4v) is 2.47. The van der Waals surface area contributed by atoms with Crippen molar-refractivity contribution in [3.8, 4) is 0 Å². The Kier molecular flexibility index (Phi) is 5.46. The molecule has 3 nitrogen and oxygen atoms in total. The Bertz CT molecular complexity index is 466. The fourth-order valence-electron chi connectivity index (χ4n) is 2.47. The average molecular weight is 387 g/mol. The first-order valence-corrected chi connectivity index (χ1v) is 6.91. The van der Waals surface area contributed by atoms with Crippen LogP contribution in [0.25, 0.3) is 0 Å². The maximum absolute atomic E-state index is 4.42. The van der Waals surface area contributed by atoms with Gasteiger partial charge in [-0.3, -0.25) is 4.99 Å². The van der Waals surface area contributed by atoms with E-state index < -0.39 is 0 Å². The summed E-state index contributed by atoms with van der Waals surface area (Å²) in [6.45, 7) is 11.1. The Morgan fingerprint density at radius 3 is 2.25 bits per heavy atom. The van der Waals surface area contributed by atoms with E-state index in [2.05, 4.69) is 67.2 Å². The number of likely N-dealkylation sites (tertiary alicyclic amines) is 1. The van der Waals surface area contributed by atoms with E-state index in [1.165, 1.54) is 5.56 Å². The van der Waals surface area contributed by atoms with Gasteiger partial charge in [-0.05, 0) is 19.4 Å². The lowest BCUT2D eigenvalue weighted by molar-refractivity contribution is -0.0667. The molecule has 1 N–H and O–H groups in total. The largest absolute Gasteiger partial charge is 0.352 e. The van der Waals surface area contributed by atoms with Gasteiger partial charge in [0.15, 0.2) is 5.96 Å². The Labute approximate surface area is 139 Å². The van der Waals surface area contributed by atoms with Gasteiger partial charge in [-0.25, -0.2) is 0 Å². The van der Waals surface area contributed by atoms with Gasteiger partial charge in [-0.15, -0.1) is 24.0 Å². The molecule has 0 aliphatic carbocycles. The monoisotopic (exact) mass is 387 g/mol. The lowest BCUT2D eigenvalue weighted by Crippen LogP contribution is -2.72. The van der Waals surface area contributed by atoms with Crippen molar-refractivity contribution in [3.63, 3.8) is 0 Å². The van der Waals surface area contributed by atoms with E-state index in [1.54, 1.807) is 0 Å². The summed E-state index contributed by atoms with van der Waals surface area (Å²) in [4.78, 5) is 6.77. The number of nitrogens with one attached hydrogen (secondary N) is 1. The summed E-state index contributed by atoms with van der Waals surface area (Å²) in [5.74, 6) is 0.994. The predicted octanol–water partition coefficient (Wildman–Crippen LogP) is 3.50. The zero-order valence-corrected chi connectivity index (χ0v) is 15.4. The Balaban J connectivity index is 0.00000200. The molecule has 0 saturated carbocycles. The summed E-state index contributed by atoms with van der Waals surface area (Å²) < 4.78 is 0. The molecule has 1 aromatic rings. The van der Waals surface area contributed by atoms with Gasteiger partial charge in [0.25, 0.3) is 0 Å². The number of nitrogens with zero attached hydrogens (tertiary/aromatic N) is 2. The second-order valence-electron chi connectivity index (χ2n) is 6.42. The molecule has 1 aromatic carbocycles. The van der Waals surface area contributed by atoms with Gasteiger partial charge in [-0.2, -0.15) is 0 Å². The van der Waals surface area contributed by atoms with E-state index in [-0.39, 0.29) is 29.5 Å². The van der Waals surface area contributed by atoms with E-state index in [4.69, 9.17) is 0 Å². The number of rotatable bonds is 2. The third-order valence-electron chi connectivity index (χ3n) is 4.65. The predicted molar refractivity (Wildman–Crippen MR) is 96.6 cm³/mol. The third-order valence-corrected chi connectivity index (χ3v) is 4.65. The Morgan fingerprint density at radius 1 is 1.20 bits per heavy atom. The molecule has 20 heavy (non-hydrogen) atoms. The lowest BCUT2D eigenvalue weighted by Gasteiger charge is -2.62. The third kappa shape index (κ3) is 3.10. The molecule has 1 heterocycles. The summed E-state index contributed by atoms with van der Waals surface area (Å²) in [7, 11) is 1.86. The lowest BCUT2D eigenvalue weighted by atomic mass is 9.65. The van der Waals surface area contributed by atoms with E-state index >= 15 is 0 Å². The summed E-state index contributed by atoms with van der Waals surface area (Å²) in [5, 5.41) is 3.46. The molecule has 0 spiro atoms. The smallest absolute Gasteiger partial charge is 0.194 e. The molecule has 1 aliphatic rings. The molecule has 0 amide bonds. The number of guanidine groups is 1. The zero-order chi connectivity index (χ0) is 14.1. The van der Waals surface area contributed by atoms with E-state index in [0.717, 1.165) is 19.0 Å². The van der Waals surface area contributed by atoms with Crippen molar-refractivity contribution >= 4 is 29.9 Å². The van der Waals surface area contributed by atoms with Crippen LogP contribution in [0.2, 0.25) is 0 Å². The van der Waals surface area contributed by atoms with Crippen LogP contribution in [0.5, 0.6) is 0 Å². The first-order chi connectivity index (χ1) is 8.88. The molecule has 4 heteroatoms. The molecule has 0 aromatic heterocycles. The van der Waals surface area contributed by atoms with Gasteiger partial charge in [0, 0.05) is 31.1 Å². The van der Waals surface area contributed by atoms with Crippen molar-refractivity contribution in [1.29, 1.82) is 0 Å². The van der Waals surface area contributed by atoms with Gasteiger partial charge in [0.2, 0.25) is 0 Å². The Morgan fingerprint density at radius 2 is 1.80 bits per heavy atom. The van der Waals surface area contributed by atoms with Crippen LogP contribution in [0, 0.1) is 5.41 Å². The van der Waals surface area contributed by atoms with Crippen molar-refractivity contribution < 1.29 is 0 Å². The van der Waals surface area contributed by atoms with Crippen LogP contribution < -0.4 is 5.32 Å². The Hall–Kier alpha value is -0.780. The molecular formula is C16H26IN3. The fraction of sp³-hybridized carbons (Fsp3) is 0.562. The number of halogens is 1. The van der Waals surface area contributed by atoms with E-state index in [1.807, 2.05) is 13.1 Å². The first-order valence-electron chi connectivity index (χ1n) is 6.91. The van der Waals surface area contributed by atoms with Crippen molar-refractivity contribution in [2.45, 2.75) is 39.8 Å². The number of hydrogen-bond donors (Lipinski definition) is 1. The molecule has 0 radical (unpaired) electrons. The molecule has 112 valence electrons. The standard InChI is InChI=1S/C16H25N3.HI/c1-15(2)12-19(16(15,3)4)14(17-5)18-11-13-9-7-6-8-10-13;/h6-10H,11-12H2,1-5H3,(H,17,18);1H. The van der Waals surface area contributed by atoms with Crippen molar-refractivity contribution in [2.24, 2.45) is 10.4 Å². The highest BCUT2D eigenvalue weighted by molar-refractivity contribution is 14.0. The summed E-state index contributed by atoms with van der Waals surface area (Å²) in [6, 6.07) is 10.4. The maximum Gasteiger partial charge on any atom is 0.194 e. The van der Waals surface area contributed by atoms with Crippen molar-refractivity contribution in [1.82, 2.24) is 10.2 Å². The molecule has 0 bridgehead atoms. The van der Waals surface area contributed by atoms with E-state index in [9.17, 15) is 0 Å². The highest BCUT2D eigenvalue weighted by Gasteiger charge is 2.53. The van der Waals surface area contributed by atoms with Crippen LogP contribution in [0.3, 0.4) is 0 Å². The molecule has 1 aliphatic heterocycles. The number of benzene rings is 1. The van der Waals surface area contributed by atoms with Crippen molar-refractivity contribution in [3.05, 3.63) is 35.9 Å². The summed E-state index contributed by atoms with van der Waals surface area (Å²) in [6.07, 6.45) is 0. The molecule has 2 rings (SSSR count). The quantitative estimate of drug-likeness (QED) is 0.478. The second-order valence-corrected chi connectivity index (χ2v) is 6.42. The minimum atomic E-state index is 0. The van der Waals surface area contributed by atoms with Gasteiger partial charge in [0.05, 0.1) is 0 Å². The highest BCUT2D eigenvalue weighted by atomic mass is 127. The zero-order valence-electron chi connectivity index (χ0n) is 13.1. The van der Waals surface area contributed by atoms with Crippen LogP contribution in [-0.4, -0.2) is 30.0 Å². The average Bonchev–Trinajstić information content (AvgIpc) is 2.39. The second kappa shape index (κ2) is 6.33. The topological polar surface area (TPSA) is 27.6 Å². The van der Waals surface area contributed by atoms with Gasteiger partial charge in [0.1, 0.15) is 0 Å². The normalized spacial score (nSPS) is 19.9. The van der Waals surface area contributed by atoms with Crippen LogP contribution in [-0.2, 0) is 6.54 Å². The number of hydrogen-bond acceptors (Lipinski definition) is 1. The van der Waals surface area contributed by atoms with Crippen molar-refractivity contribution in [2.75, 3.05) is 13.6 Å². The summed E-state index contributed by atoms with van der Waals surface area (Å²) >= 11 is 0. The minimum absolute atomic E-state index is 0. The van der Waals surface area contributed by atoms with Gasteiger partial charge in [-0.1, -0.05) is 44.2 Å². The van der Waals surface area contributed by atoms with Crippen LogP contribution in [0.1, 0.15) is 33.3 Å². The summed E-state index contributed by atoms with van der Waals surface area (Å²) in [5.41, 5.74) is 1.75. The first kappa shape index (κ1) is 17.3. The molecule has 1 saturated heterocycles. The highest BCUT2D eigenvalue weighted by Crippen LogP contribution is 2.46. The molecule has 1 fully saturated rings. The maximum atomic E-state index is 4.42. The molecule has 0 atom stereocenters. The number of aliphatic imine (C=N–C) groups is 1. The van der Waals surface area contributed by atoms with Gasteiger partial charge >= 0.3 is 0 Å². The molecule has 0 unspecified atom stereocenters. The minimum Gasteiger partial charge on any atom is -0.352 e. The van der Waals surface area contributed by atoms with E-state index in [0.29, 0.717) is 5.41 Å². The van der Waals surface area contributed by atoms with Gasteiger partial charge < -0.3 is 10.2 Å². The van der Waals surface area contributed by atoms with Crippen LogP contribution >= 0.6 is 24.0 Å². The van der Waals surface area contributed by atoms with Crippen LogP contribution in [0.15, 0.2) is 35.3 Å². The van der Waals surface area contributed by atoms with Crippen LogP contribution in [0.4, 0.5) is 0 Å². The SMILES string of the molecule is CN=C(NCc1ccccc1)N1CC(C)(C)C1(C)C.I. The molecular weight excluding hydrogens is 361 g/mol.